The Morgan fingerprint density at radius 3 is 2.81 bits per heavy atom. The lowest BCUT2D eigenvalue weighted by Crippen LogP contribution is -2.41. The molecule has 4 nitrogen and oxygen atoms in total. The summed E-state index contributed by atoms with van der Waals surface area (Å²) in [7, 11) is -2.82. The van der Waals surface area contributed by atoms with Crippen LogP contribution in [0.4, 0.5) is 0 Å². The third-order valence-electron chi connectivity index (χ3n) is 3.16. The summed E-state index contributed by atoms with van der Waals surface area (Å²) in [6.45, 7) is 1.70. The molecule has 1 rings (SSSR count). The van der Waals surface area contributed by atoms with E-state index in [0.29, 0.717) is 18.1 Å². The van der Waals surface area contributed by atoms with Gasteiger partial charge in [-0.05, 0) is 36.7 Å². The minimum Gasteiger partial charge on any atom is -0.271 e. The zero-order chi connectivity index (χ0) is 12.0. The number of sulfone groups is 1. The Bertz CT molecular complexity index is 287. The van der Waals surface area contributed by atoms with E-state index >= 15 is 0 Å². The lowest BCUT2D eigenvalue weighted by Gasteiger charge is -2.21. The normalized spacial score (nSPS) is 23.5. The number of nitrogens with one attached hydrogen (secondary N) is 1. The maximum Gasteiger partial charge on any atom is 0.150 e. The van der Waals surface area contributed by atoms with Crippen LogP contribution in [-0.2, 0) is 9.84 Å². The average molecular weight is 266 g/mol. The van der Waals surface area contributed by atoms with E-state index in [1.165, 1.54) is 12.2 Å². The third-order valence-corrected chi connectivity index (χ3v) is 6.14. The number of nitrogens with two attached hydrogens (primary N) is 1. The predicted molar refractivity (Wildman–Crippen MR) is 70.1 cm³/mol. The molecular weight excluding hydrogens is 244 g/mol. The molecule has 0 spiro atoms. The molecule has 1 heterocycles. The summed E-state index contributed by atoms with van der Waals surface area (Å²) in [5.41, 5.74) is 2.84. The van der Waals surface area contributed by atoms with Crippen LogP contribution in [0.1, 0.15) is 26.2 Å². The number of hydrogen-bond donors (Lipinski definition) is 2. The van der Waals surface area contributed by atoms with Crippen LogP contribution in [0, 0.1) is 5.92 Å². The molecule has 1 aliphatic rings. The SMILES string of the molecule is CCS(=O)(=O)CCCC(NN)C1CCSC1. The molecule has 1 fully saturated rings. The maximum absolute atomic E-state index is 11.3. The molecule has 6 heteroatoms. The second kappa shape index (κ2) is 6.83. The first-order valence-electron chi connectivity index (χ1n) is 5.83. The zero-order valence-electron chi connectivity index (χ0n) is 9.81. The van der Waals surface area contributed by atoms with E-state index in [0.717, 1.165) is 12.2 Å². The van der Waals surface area contributed by atoms with Crippen molar-refractivity contribution in [2.24, 2.45) is 11.8 Å². The Morgan fingerprint density at radius 1 is 1.56 bits per heavy atom. The van der Waals surface area contributed by atoms with Gasteiger partial charge >= 0.3 is 0 Å². The van der Waals surface area contributed by atoms with Gasteiger partial charge in [0, 0.05) is 11.8 Å². The van der Waals surface area contributed by atoms with E-state index in [2.05, 4.69) is 5.43 Å². The van der Waals surface area contributed by atoms with E-state index in [-0.39, 0.29) is 11.8 Å². The maximum atomic E-state index is 11.3. The highest BCUT2D eigenvalue weighted by molar-refractivity contribution is 7.99. The molecule has 0 aromatic rings. The fraction of sp³-hybridized carbons (Fsp3) is 1.00. The van der Waals surface area contributed by atoms with Crippen molar-refractivity contribution < 1.29 is 8.42 Å². The van der Waals surface area contributed by atoms with Gasteiger partial charge in [-0.15, -0.1) is 0 Å². The summed E-state index contributed by atoms with van der Waals surface area (Å²) < 4.78 is 22.7. The molecule has 0 bridgehead atoms. The van der Waals surface area contributed by atoms with Crippen LogP contribution in [0.3, 0.4) is 0 Å². The minimum absolute atomic E-state index is 0.243. The number of hydrogen-bond acceptors (Lipinski definition) is 5. The molecule has 2 atom stereocenters. The molecule has 1 saturated heterocycles. The van der Waals surface area contributed by atoms with E-state index in [1.807, 2.05) is 11.8 Å². The number of thioether (sulfide) groups is 1. The second-order valence-corrected chi connectivity index (χ2v) is 7.90. The Hall–Kier alpha value is 0.220. The van der Waals surface area contributed by atoms with Crippen molar-refractivity contribution in [2.45, 2.75) is 32.2 Å². The largest absolute Gasteiger partial charge is 0.271 e. The fourth-order valence-corrected chi connectivity index (χ4v) is 4.23. The molecule has 1 aliphatic heterocycles. The van der Waals surface area contributed by atoms with Gasteiger partial charge in [0.1, 0.15) is 9.84 Å². The quantitative estimate of drug-likeness (QED) is 0.526. The van der Waals surface area contributed by atoms with E-state index < -0.39 is 9.84 Å². The lowest BCUT2D eigenvalue weighted by molar-refractivity contribution is 0.365. The Labute approximate surface area is 103 Å². The molecule has 0 aromatic carbocycles. The summed E-state index contributed by atoms with van der Waals surface area (Å²) in [6.07, 6.45) is 2.77. The first-order valence-corrected chi connectivity index (χ1v) is 8.81. The van der Waals surface area contributed by atoms with Gasteiger partial charge in [0.25, 0.3) is 0 Å². The van der Waals surface area contributed by atoms with Gasteiger partial charge in [-0.1, -0.05) is 6.92 Å². The smallest absolute Gasteiger partial charge is 0.150 e. The van der Waals surface area contributed by atoms with Crippen LogP contribution in [0.25, 0.3) is 0 Å². The molecule has 0 radical (unpaired) electrons. The summed E-state index contributed by atoms with van der Waals surface area (Å²) in [6, 6.07) is 0.280. The van der Waals surface area contributed by atoms with Crippen molar-refractivity contribution in [3.05, 3.63) is 0 Å². The monoisotopic (exact) mass is 266 g/mol. The van der Waals surface area contributed by atoms with Crippen molar-refractivity contribution in [1.29, 1.82) is 0 Å². The van der Waals surface area contributed by atoms with E-state index in [1.54, 1.807) is 6.92 Å². The van der Waals surface area contributed by atoms with Crippen LogP contribution in [-0.4, -0.2) is 37.5 Å². The van der Waals surface area contributed by atoms with Crippen molar-refractivity contribution in [2.75, 3.05) is 23.0 Å². The number of hydrazine groups is 1. The van der Waals surface area contributed by atoms with Gasteiger partial charge in [-0.25, -0.2) is 8.42 Å². The van der Waals surface area contributed by atoms with Crippen LogP contribution in [0.5, 0.6) is 0 Å². The first-order chi connectivity index (χ1) is 7.59. The van der Waals surface area contributed by atoms with Crippen LogP contribution in [0.2, 0.25) is 0 Å². The summed E-state index contributed by atoms with van der Waals surface area (Å²) in [4.78, 5) is 0. The summed E-state index contributed by atoms with van der Waals surface area (Å²) in [5, 5.41) is 0. The van der Waals surface area contributed by atoms with Crippen molar-refractivity contribution >= 4 is 21.6 Å². The molecule has 16 heavy (non-hydrogen) atoms. The fourth-order valence-electron chi connectivity index (χ4n) is 1.99. The molecule has 0 aliphatic carbocycles. The zero-order valence-corrected chi connectivity index (χ0v) is 11.4. The van der Waals surface area contributed by atoms with Crippen molar-refractivity contribution in [3.63, 3.8) is 0 Å². The number of rotatable bonds is 7. The van der Waals surface area contributed by atoms with Gasteiger partial charge in [-0.3, -0.25) is 11.3 Å². The topological polar surface area (TPSA) is 72.2 Å². The van der Waals surface area contributed by atoms with Crippen LogP contribution < -0.4 is 11.3 Å². The van der Waals surface area contributed by atoms with E-state index in [4.69, 9.17) is 5.84 Å². The van der Waals surface area contributed by atoms with Crippen LogP contribution in [0.15, 0.2) is 0 Å². The Balaban J connectivity index is 2.29. The molecule has 0 saturated carbocycles. The standard InChI is InChI=1S/C10H22N2O2S2/c1-2-16(13,14)7-3-4-10(12-11)9-5-6-15-8-9/h9-10,12H,2-8,11H2,1H3. The molecule has 0 amide bonds. The molecule has 2 unspecified atom stereocenters. The highest BCUT2D eigenvalue weighted by Crippen LogP contribution is 2.27. The van der Waals surface area contributed by atoms with Crippen LogP contribution >= 0.6 is 11.8 Å². The Kier molecular flexibility index (Phi) is 6.10. The highest BCUT2D eigenvalue weighted by Gasteiger charge is 2.24. The minimum atomic E-state index is -2.82. The van der Waals surface area contributed by atoms with Crippen molar-refractivity contribution in [3.8, 4) is 0 Å². The Morgan fingerprint density at radius 2 is 2.31 bits per heavy atom. The molecule has 3 N–H and O–H groups in total. The summed E-state index contributed by atoms with van der Waals surface area (Å²) >= 11 is 1.96. The molecule has 0 aromatic heterocycles. The summed E-state index contributed by atoms with van der Waals surface area (Å²) in [5.74, 6) is 9.03. The lowest BCUT2D eigenvalue weighted by atomic mass is 9.96. The second-order valence-electron chi connectivity index (χ2n) is 4.28. The van der Waals surface area contributed by atoms with Crippen molar-refractivity contribution in [1.82, 2.24) is 5.43 Å². The van der Waals surface area contributed by atoms with Gasteiger partial charge in [0.15, 0.2) is 0 Å². The van der Waals surface area contributed by atoms with E-state index in [9.17, 15) is 8.42 Å². The molecular formula is C10H22N2O2S2. The first kappa shape index (κ1) is 14.3. The van der Waals surface area contributed by atoms with Gasteiger partial charge < -0.3 is 0 Å². The predicted octanol–water partition coefficient (Wildman–Crippen LogP) is 0.786. The average Bonchev–Trinajstić information content (AvgIpc) is 2.78. The third kappa shape index (κ3) is 4.61. The molecule has 96 valence electrons. The van der Waals surface area contributed by atoms with Gasteiger partial charge in [-0.2, -0.15) is 11.8 Å². The van der Waals surface area contributed by atoms with Gasteiger partial charge in [0.2, 0.25) is 0 Å². The highest BCUT2D eigenvalue weighted by atomic mass is 32.2. The van der Waals surface area contributed by atoms with Gasteiger partial charge in [0.05, 0.1) is 5.75 Å².